The summed E-state index contributed by atoms with van der Waals surface area (Å²) in [4.78, 5) is 20.3. The number of imidazole rings is 1. The van der Waals surface area contributed by atoms with E-state index in [2.05, 4.69) is 35.2 Å². The molecule has 0 saturated heterocycles. The average molecular weight is 347 g/mol. The molecule has 2 N–H and O–H groups in total. The Balaban J connectivity index is 1.50. The number of benzene rings is 2. The summed E-state index contributed by atoms with van der Waals surface area (Å²) in [6, 6.07) is 11.7. The normalized spacial score (nSPS) is 12.6. The lowest BCUT2D eigenvalue weighted by atomic mass is 10.0. The fourth-order valence-electron chi connectivity index (χ4n) is 3.18. The zero-order chi connectivity index (χ0) is 18.3. The van der Waals surface area contributed by atoms with Crippen LogP contribution in [0, 0.1) is 13.8 Å². The van der Waals surface area contributed by atoms with Crippen molar-refractivity contribution in [3.63, 3.8) is 0 Å². The van der Waals surface area contributed by atoms with Crippen LogP contribution in [0.3, 0.4) is 0 Å². The fourth-order valence-corrected chi connectivity index (χ4v) is 3.18. The van der Waals surface area contributed by atoms with Gasteiger partial charge < -0.3 is 14.7 Å². The lowest BCUT2D eigenvalue weighted by molar-refractivity contribution is -0.121. The van der Waals surface area contributed by atoms with E-state index in [-0.39, 0.29) is 18.4 Å². The van der Waals surface area contributed by atoms with E-state index in [1.54, 1.807) is 6.26 Å². The number of furan rings is 1. The fraction of sp³-hybridized carbons (Fsp3) is 0.238. The van der Waals surface area contributed by atoms with Crippen LogP contribution in [0.1, 0.15) is 35.5 Å². The molecule has 26 heavy (non-hydrogen) atoms. The van der Waals surface area contributed by atoms with Crippen molar-refractivity contribution in [3.8, 4) is 0 Å². The van der Waals surface area contributed by atoms with Gasteiger partial charge in [0.2, 0.25) is 5.91 Å². The average Bonchev–Trinajstić information content (AvgIpc) is 3.20. The van der Waals surface area contributed by atoms with Crippen LogP contribution in [0.5, 0.6) is 0 Å². The van der Waals surface area contributed by atoms with Crippen LogP contribution in [0.4, 0.5) is 0 Å². The van der Waals surface area contributed by atoms with Crippen molar-refractivity contribution in [2.75, 3.05) is 0 Å². The largest absolute Gasteiger partial charge is 0.464 e. The Morgan fingerprint density at radius 3 is 2.81 bits per heavy atom. The second-order valence-electron chi connectivity index (χ2n) is 6.80. The number of hydrogen-bond acceptors (Lipinski definition) is 3. The number of carbonyl (C=O) groups is 1. The first-order valence-corrected chi connectivity index (χ1v) is 8.72. The van der Waals surface area contributed by atoms with E-state index in [9.17, 15) is 4.79 Å². The number of aromatic nitrogens is 2. The molecule has 0 fully saturated rings. The second kappa shape index (κ2) is 6.33. The summed E-state index contributed by atoms with van der Waals surface area (Å²) < 4.78 is 5.62. The first kappa shape index (κ1) is 16.4. The molecule has 0 aliphatic heterocycles. The Morgan fingerprint density at radius 2 is 2.00 bits per heavy atom. The molecule has 2 heterocycles. The minimum absolute atomic E-state index is 0.0566. The topological polar surface area (TPSA) is 70.9 Å². The Morgan fingerprint density at radius 1 is 1.23 bits per heavy atom. The highest BCUT2D eigenvalue weighted by atomic mass is 16.3. The maximum Gasteiger partial charge on any atom is 0.225 e. The van der Waals surface area contributed by atoms with E-state index < -0.39 is 0 Å². The number of aromatic amines is 1. The molecule has 4 rings (SSSR count). The number of para-hydroxylation sites is 2. The van der Waals surface area contributed by atoms with E-state index in [1.807, 2.05) is 37.3 Å². The summed E-state index contributed by atoms with van der Waals surface area (Å²) in [5.74, 6) is 0.696. The summed E-state index contributed by atoms with van der Waals surface area (Å²) in [6.07, 6.45) is 1.95. The summed E-state index contributed by atoms with van der Waals surface area (Å²) in [5.41, 5.74) is 5.96. The number of fused-ring (bicyclic) bond motifs is 2. The molecule has 0 spiro atoms. The Bertz CT molecular complexity index is 1070. The van der Waals surface area contributed by atoms with Gasteiger partial charge in [-0.15, -0.1) is 0 Å². The van der Waals surface area contributed by atoms with Gasteiger partial charge in [-0.05, 0) is 56.2 Å². The number of rotatable bonds is 4. The molecule has 1 amide bonds. The molecule has 4 aromatic rings. The Labute approximate surface area is 151 Å². The molecular weight excluding hydrogens is 326 g/mol. The van der Waals surface area contributed by atoms with Gasteiger partial charge >= 0.3 is 0 Å². The summed E-state index contributed by atoms with van der Waals surface area (Å²) in [7, 11) is 0. The summed E-state index contributed by atoms with van der Waals surface area (Å²) >= 11 is 0. The maximum atomic E-state index is 12.5. The zero-order valence-corrected chi connectivity index (χ0v) is 15.1. The van der Waals surface area contributed by atoms with Gasteiger partial charge in [-0.1, -0.05) is 12.1 Å². The van der Waals surface area contributed by atoms with Gasteiger partial charge in [-0.3, -0.25) is 4.79 Å². The van der Waals surface area contributed by atoms with Crippen LogP contribution < -0.4 is 5.32 Å². The Hall–Kier alpha value is -3.08. The highest BCUT2D eigenvalue weighted by Crippen LogP contribution is 2.25. The van der Waals surface area contributed by atoms with Crippen LogP contribution in [-0.4, -0.2) is 15.9 Å². The quantitative estimate of drug-likeness (QED) is 0.577. The molecule has 5 nitrogen and oxygen atoms in total. The zero-order valence-electron chi connectivity index (χ0n) is 15.1. The van der Waals surface area contributed by atoms with Gasteiger partial charge in [0.1, 0.15) is 11.4 Å². The molecule has 0 radical (unpaired) electrons. The predicted molar refractivity (Wildman–Crippen MR) is 102 cm³/mol. The molecule has 0 bridgehead atoms. The van der Waals surface area contributed by atoms with Crippen LogP contribution >= 0.6 is 0 Å². The number of H-pyrrole nitrogens is 1. The van der Waals surface area contributed by atoms with Crippen molar-refractivity contribution in [1.29, 1.82) is 0 Å². The molecule has 2 aromatic heterocycles. The predicted octanol–water partition coefficient (Wildman–Crippen LogP) is 4.35. The van der Waals surface area contributed by atoms with Crippen LogP contribution in [-0.2, 0) is 11.2 Å². The smallest absolute Gasteiger partial charge is 0.225 e. The van der Waals surface area contributed by atoms with Crippen molar-refractivity contribution in [1.82, 2.24) is 15.3 Å². The third kappa shape index (κ3) is 2.96. The van der Waals surface area contributed by atoms with Crippen molar-refractivity contribution in [2.45, 2.75) is 33.2 Å². The number of nitrogens with zero attached hydrogens (tertiary/aromatic N) is 1. The SMILES string of the molecule is Cc1cc2occ(CC(=O)NC(C)c3nc4ccccc4[nH]3)c2cc1C. The molecule has 2 aromatic carbocycles. The van der Waals surface area contributed by atoms with E-state index in [0.717, 1.165) is 33.4 Å². The molecule has 0 saturated carbocycles. The van der Waals surface area contributed by atoms with Crippen molar-refractivity contribution in [2.24, 2.45) is 0 Å². The van der Waals surface area contributed by atoms with E-state index in [4.69, 9.17) is 4.42 Å². The molecular formula is C21H21N3O2. The third-order valence-corrected chi connectivity index (χ3v) is 4.82. The standard InChI is InChI=1S/C21H21N3O2/c1-12-8-16-15(11-26-19(16)9-13(12)2)10-20(25)22-14(3)21-23-17-6-4-5-7-18(17)24-21/h4-9,11,14H,10H2,1-3H3,(H,22,25)(H,23,24). The van der Waals surface area contributed by atoms with E-state index >= 15 is 0 Å². The lowest BCUT2D eigenvalue weighted by Crippen LogP contribution is -2.28. The van der Waals surface area contributed by atoms with Gasteiger partial charge in [-0.25, -0.2) is 4.98 Å². The van der Waals surface area contributed by atoms with E-state index in [0.29, 0.717) is 0 Å². The number of aryl methyl sites for hydroxylation is 2. The first-order chi connectivity index (χ1) is 12.5. The minimum atomic E-state index is -0.197. The van der Waals surface area contributed by atoms with Gasteiger partial charge in [0.25, 0.3) is 0 Å². The highest BCUT2D eigenvalue weighted by molar-refractivity contribution is 5.88. The van der Waals surface area contributed by atoms with Gasteiger partial charge in [-0.2, -0.15) is 0 Å². The molecule has 1 atom stereocenters. The molecule has 132 valence electrons. The Kier molecular flexibility index (Phi) is 3.99. The van der Waals surface area contributed by atoms with Crippen LogP contribution in [0.2, 0.25) is 0 Å². The van der Waals surface area contributed by atoms with Gasteiger partial charge in [0.05, 0.1) is 29.8 Å². The number of amides is 1. The summed E-state index contributed by atoms with van der Waals surface area (Å²) in [5, 5.41) is 4.01. The maximum absolute atomic E-state index is 12.5. The number of hydrogen-bond donors (Lipinski definition) is 2. The van der Waals surface area contributed by atoms with Crippen molar-refractivity contribution >= 4 is 27.9 Å². The summed E-state index contributed by atoms with van der Waals surface area (Å²) in [6.45, 7) is 6.05. The van der Waals surface area contributed by atoms with Gasteiger partial charge in [0, 0.05) is 10.9 Å². The first-order valence-electron chi connectivity index (χ1n) is 8.72. The van der Waals surface area contributed by atoms with E-state index in [1.165, 1.54) is 11.1 Å². The highest BCUT2D eigenvalue weighted by Gasteiger charge is 2.16. The molecule has 0 aliphatic rings. The van der Waals surface area contributed by atoms with Crippen LogP contribution in [0.15, 0.2) is 47.1 Å². The lowest BCUT2D eigenvalue weighted by Gasteiger charge is -2.11. The van der Waals surface area contributed by atoms with Crippen molar-refractivity contribution in [3.05, 3.63) is 65.2 Å². The van der Waals surface area contributed by atoms with Crippen LogP contribution in [0.25, 0.3) is 22.0 Å². The molecule has 5 heteroatoms. The van der Waals surface area contributed by atoms with Gasteiger partial charge in [0.15, 0.2) is 0 Å². The molecule has 1 unspecified atom stereocenters. The number of nitrogens with one attached hydrogen (secondary N) is 2. The monoisotopic (exact) mass is 347 g/mol. The second-order valence-corrected chi connectivity index (χ2v) is 6.80. The number of carbonyl (C=O) groups excluding carboxylic acids is 1. The van der Waals surface area contributed by atoms with Crippen molar-refractivity contribution < 1.29 is 9.21 Å². The minimum Gasteiger partial charge on any atom is -0.464 e. The third-order valence-electron chi connectivity index (χ3n) is 4.82. The molecule has 0 aliphatic carbocycles.